The number of rotatable bonds is 6. The van der Waals surface area contributed by atoms with E-state index in [1.165, 1.54) is 5.56 Å². The maximum absolute atomic E-state index is 12.1. The van der Waals surface area contributed by atoms with Crippen molar-refractivity contribution in [1.29, 1.82) is 0 Å². The first-order valence-corrected chi connectivity index (χ1v) is 6.17. The van der Waals surface area contributed by atoms with E-state index in [1.54, 1.807) is 19.1 Å². The molecule has 0 radical (unpaired) electrons. The first-order valence-electron chi connectivity index (χ1n) is 6.17. The lowest BCUT2D eigenvalue weighted by atomic mass is 10.1. The molecule has 0 aliphatic rings. The van der Waals surface area contributed by atoms with E-state index in [1.807, 2.05) is 24.3 Å². The topological polar surface area (TPSA) is 55.6 Å². The molecule has 2 N–H and O–H groups in total. The van der Waals surface area contributed by atoms with Gasteiger partial charge < -0.3 is 15.4 Å². The molecule has 1 unspecified atom stereocenters. The molecule has 4 nitrogen and oxygen atoms in total. The Morgan fingerprint density at radius 3 is 2.50 bits per heavy atom. The minimum atomic E-state index is -0.154. The Morgan fingerprint density at radius 2 is 2.00 bits per heavy atom. The van der Waals surface area contributed by atoms with Gasteiger partial charge in [0.1, 0.15) is 0 Å². The van der Waals surface area contributed by atoms with Crippen molar-refractivity contribution in [2.24, 2.45) is 5.73 Å². The molecule has 0 aromatic heterocycles. The Balaban J connectivity index is 2.62. The van der Waals surface area contributed by atoms with Crippen LogP contribution in [0.5, 0.6) is 0 Å². The Hall–Kier alpha value is -1.39. The maximum atomic E-state index is 12.1. The summed E-state index contributed by atoms with van der Waals surface area (Å²) in [5.41, 5.74) is 7.75. The third kappa shape index (κ3) is 4.13. The van der Waals surface area contributed by atoms with E-state index in [0.29, 0.717) is 18.7 Å². The summed E-state index contributed by atoms with van der Waals surface area (Å²) >= 11 is 0. The van der Waals surface area contributed by atoms with E-state index in [-0.39, 0.29) is 11.9 Å². The van der Waals surface area contributed by atoms with Gasteiger partial charge in [0, 0.05) is 32.3 Å². The predicted octanol–water partition coefficient (Wildman–Crippen LogP) is 1.29. The van der Waals surface area contributed by atoms with Crippen LogP contribution in [-0.2, 0) is 11.2 Å². The molecule has 1 atom stereocenters. The SMILES string of the molecule is CCc1ccc(C(=O)N(C)CC(N)COC)cc1. The van der Waals surface area contributed by atoms with Crippen molar-refractivity contribution in [2.45, 2.75) is 19.4 Å². The molecule has 0 fully saturated rings. The lowest BCUT2D eigenvalue weighted by Crippen LogP contribution is -2.41. The summed E-state index contributed by atoms with van der Waals surface area (Å²) < 4.78 is 4.96. The van der Waals surface area contributed by atoms with Crippen LogP contribution in [0.1, 0.15) is 22.8 Å². The van der Waals surface area contributed by atoms with Crippen molar-refractivity contribution < 1.29 is 9.53 Å². The molecule has 1 rings (SSSR count). The second-order valence-corrected chi connectivity index (χ2v) is 4.45. The van der Waals surface area contributed by atoms with Crippen molar-refractivity contribution in [2.75, 3.05) is 27.3 Å². The number of hydrogen-bond donors (Lipinski definition) is 1. The molecule has 0 saturated carbocycles. The fraction of sp³-hybridized carbons (Fsp3) is 0.500. The lowest BCUT2D eigenvalue weighted by Gasteiger charge is -2.21. The minimum absolute atomic E-state index is 0.00999. The van der Waals surface area contributed by atoms with Crippen molar-refractivity contribution in [1.82, 2.24) is 4.90 Å². The van der Waals surface area contributed by atoms with Crippen LogP contribution in [0.2, 0.25) is 0 Å². The van der Waals surface area contributed by atoms with Crippen LogP contribution in [0.3, 0.4) is 0 Å². The summed E-state index contributed by atoms with van der Waals surface area (Å²) in [6.45, 7) is 3.03. The molecule has 0 aliphatic heterocycles. The smallest absolute Gasteiger partial charge is 0.253 e. The van der Waals surface area contributed by atoms with Crippen LogP contribution in [0.4, 0.5) is 0 Å². The molecule has 4 heteroatoms. The highest BCUT2D eigenvalue weighted by Crippen LogP contribution is 2.07. The molecule has 0 bridgehead atoms. The highest BCUT2D eigenvalue weighted by molar-refractivity contribution is 5.94. The predicted molar refractivity (Wildman–Crippen MR) is 72.6 cm³/mol. The minimum Gasteiger partial charge on any atom is -0.383 e. The van der Waals surface area contributed by atoms with Gasteiger partial charge in [0.2, 0.25) is 0 Å². The number of amides is 1. The summed E-state index contributed by atoms with van der Waals surface area (Å²) in [5.74, 6) is -0.00999. The summed E-state index contributed by atoms with van der Waals surface area (Å²) in [5, 5.41) is 0. The summed E-state index contributed by atoms with van der Waals surface area (Å²) in [6.07, 6.45) is 0.975. The number of hydrogen-bond acceptors (Lipinski definition) is 3. The number of likely N-dealkylation sites (N-methyl/N-ethyl adjacent to an activating group) is 1. The van der Waals surface area contributed by atoms with E-state index in [2.05, 4.69) is 6.92 Å². The fourth-order valence-electron chi connectivity index (χ4n) is 1.80. The number of carbonyl (C=O) groups is 1. The number of ether oxygens (including phenoxy) is 1. The molecular formula is C14H22N2O2. The van der Waals surface area contributed by atoms with Crippen LogP contribution in [0, 0.1) is 0 Å². The number of aryl methyl sites for hydroxylation is 1. The first kappa shape index (κ1) is 14.7. The molecule has 0 spiro atoms. The zero-order chi connectivity index (χ0) is 13.5. The molecule has 100 valence electrons. The van der Waals surface area contributed by atoms with Crippen molar-refractivity contribution in [3.05, 3.63) is 35.4 Å². The van der Waals surface area contributed by atoms with Crippen molar-refractivity contribution in [3.8, 4) is 0 Å². The standard InChI is InChI=1S/C14H22N2O2/c1-4-11-5-7-12(8-6-11)14(17)16(2)9-13(15)10-18-3/h5-8,13H,4,9-10,15H2,1-3H3. The molecule has 1 amide bonds. The van der Waals surface area contributed by atoms with Crippen LogP contribution in [0.15, 0.2) is 24.3 Å². The van der Waals surface area contributed by atoms with Gasteiger partial charge in [0.15, 0.2) is 0 Å². The number of nitrogens with two attached hydrogens (primary N) is 1. The third-order valence-corrected chi connectivity index (χ3v) is 2.84. The molecule has 0 saturated heterocycles. The summed E-state index contributed by atoms with van der Waals surface area (Å²) in [7, 11) is 3.36. The van der Waals surface area contributed by atoms with E-state index in [0.717, 1.165) is 6.42 Å². The quantitative estimate of drug-likeness (QED) is 0.828. The molecule has 1 aromatic carbocycles. The average Bonchev–Trinajstić information content (AvgIpc) is 2.38. The van der Waals surface area contributed by atoms with E-state index in [4.69, 9.17) is 10.5 Å². The first-order chi connectivity index (χ1) is 8.58. The van der Waals surface area contributed by atoms with Crippen LogP contribution in [-0.4, -0.2) is 44.2 Å². The third-order valence-electron chi connectivity index (χ3n) is 2.84. The van der Waals surface area contributed by atoms with Gasteiger partial charge in [-0.05, 0) is 24.1 Å². The maximum Gasteiger partial charge on any atom is 0.253 e. The molecule has 1 aromatic rings. The monoisotopic (exact) mass is 250 g/mol. The summed E-state index contributed by atoms with van der Waals surface area (Å²) in [4.78, 5) is 13.7. The van der Waals surface area contributed by atoms with E-state index >= 15 is 0 Å². The van der Waals surface area contributed by atoms with Crippen molar-refractivity contribution in [3.63, 3.8) is 0 Å². The Labute approximate surface area is 109 Å². The van der Waals surface area contributed by atoms with Crippen molar-refractivity contribution >= 4 is 5.91 Å². The van der Waals surface area contributed by atoms with Gasteiger partial charge in [-0.3, -0.25) is 4.79 Å². The van der Waals surface area contributed by atoms with E-state index in [9.17, 15) is 4.79 Å². The molecular weight excluding hydrogens is 228 g/mol. The van der Waals surface area contributed by atoms with Crippen LogP contribution >= 0.6 is 0 Å². The van der Waals surface area contributed by atoms with Gasteiger partial charge in [-0.1, -0.05) is 19.1 Å². The lowest BCUT2D eigenvalue weighted by molar-refractivity contribution is 0.0764. The Bertz CT molecular complexity index is 376. The van der Waals surface area contributed by atoms with Gasteiger partial charge in [-0.25, -0.2) is 0 Å². The second-order valence-electron chi connectivity index (χ2n) is 4.45. The van der Waals surface area contributed by atoms with Gasteiger partial charge in [-0.15, -0.1) is 0 Å². The zero-order valence-corrected chi connectivity index (χ0v) is 11.3. The normalized spacial score (nSPS) is 12.2. The summed E-state index contributed by atoms with van der Waals surface area (Å²) in [6, 6.07) is 7.53. The van der Waals surface area contributed by atoms with Gasteiger partial charge >= 0.3 is 0 Å². The van der Waals surface area contributed by atoms with Crippen LogP contribution in [0.25, 0.3) is 0 Å². The number of nitrogens with zero attached hydrogens (tertiary/aromatic N) is 1. The number of methoxy groups -OCH3 is 1. The largest absolute Gasteiger partial charge is 0.383 e. The van der Waals surface area contributed by atoms with E-state index < -0.39 is 0 Å². The average molecular weight is 250 g/mol. The zero-order valence-electron chi connectivity index (χ0n) is 11.3. The molecule has 0 heterocycles. The fourth-order valence-corrected chi connectivity index (χ4v) is 1.80. The molecule has 18 heavy (non-hydrogen) atoms. The van der Waals surface area contributed by atoms with Crippen LogP contribution < -0.4 is 5.73 Å². The second kappa shape index (κ2) is 7.13. The highest BCUT2D eigenvalue weighted by atomic mass is 16.5. The molecule has 0 aliphatic carbocycles. The number of carbonyl (C=O) groups excluding carboxylic acids is 1. The number of benzene rings is 1. The van der Waals surface area contributed by atoms with Gasteiger partial charge in [-0.2, -0.15) is 0 Å². The highest BCUT2D eigenvalue weighted by Gasteiger charge is 2.14. The Kier molecular flexibility index (Phi) is 5.82. The van der Waals surface area contributed by atoms with Gasteiger partial charge in [0.25, 0.3) is 5.91 Å². The Morgan fingerprint density at radius 1 is 1.39 bits per heavy atom. The van der Waals surface area contributed by atoms with Gasteiger partial charge in [0.05, 0.1) is 6.61 Å².